The maximum Gasteiger partial charge on any atom is 0.123 e. The van der Waals surface area contributed by atoms with Crippen LogP contribution in [0.3, 0.4) is 0 Å². The molecular formula is C16H27FN2O. The van der Waals surface area contributed by atoms with Gasteiger partial charge in [0.15, 0.2) is 0 Å². The molecule has 1 atom stereocenters. The Bertz CT molecular complexity index is 367. The number of nitrogens with zero attached hydrogens (tertiary/aromatic N) is 1. The van der Waals surface area contributed by atoms with Crippen molar-refractivity contribution < 1.29 is 9.13 Å². The van der Waals surface area contributed by atoms with Crippen molar-refractivity contribution in [2.45, 2.75) is 26.4 Å². The number of hydrogen-bond acceptors (Lipinski definition) is 3. The minimum absolute atomic E-state index is 0.191. The summed E-state index contributed by atoms with van der Waals surface area (Å²) in [6, 6.07) is 6.98. The summed E-state index contributed by atoms with van der Waals surface area (Å²) in [5.41, 5.74) is 1.11. The molecule has 0 fully saturated rings. The number of methoxy groups -OCH3 is 1. The molecular weight excluding hydrogens is 255 g/mol. The fourth-order valence-corrected chi connectivity index (χ4v) is 2.08. The zero-order valence-corrected chi connectivity index (χ0v) is 13.0. The molecule has 0 bridgehead atoms. The molecule has 0 saturated heterocycles. The van der Waals surface area contributed by atoms with Crippen LogP contribution in [0.4, 0.5) is 4.39 Å². The second kappa shape index (κ2) is 9.06. The minimum atomic E-state index is -0.191. The standard InChI is InChI=1S/C16H27FN2O/c1-13(2)9-18-10-16(12-20-4)19(3)11-14-5-7-15(17)8-6-14/h5-8,13,16,18H,9-12H2,1-4H3. The number of nitrogens with one attached hydrogen (secondary N) is 1. The van der Waals surface area contributed by atoms with Gasteiger partial charge in [-0.1, -0.05) is 26.0 Å². The molecule has 0 heterocycles. The zero-order chi connectivity index (χ0) is 15.0. The molecule has 0 radical (unpaired) electrons. The summed E-state index contributed by atoms with van der Waals surface area (Å²) in [6.07, 6.45) is 0. The third kappa shape index (κ3) is 6.46. The summed E-state index contributed by atoms with van der Waals surface area (Å²) in [4.78, 5) is 2.24. The van der Waals surface area contributed by atoms with Crippen LogP contribution in [0.1, 0.15) is 19.4 Å². The first-order valence-corrected chi connectivity index (χ1v) is 7.17. The van der Waals surface area contributed by atoms with E-state index < -0.39 is 0 Å². The molecule has 1 aromatic carbocycles. The van der Waals surface area contributed by atoms with Crippen LogP contribution in [0.15, 0.2) is 24.3 Å². The molecule has 1 unspecified atom stereocenters. The van der Waals surface area contributed by atoms with E-state index in [0.29, 0.717) is 18.6 Å². The van der Waals surface area contributed by atoms with Crippen LogP contribution in [-0.4, -0.2) is 44.8 Å². The van der Waals surface area contributed by atoms with Gasteiger partial charge in [0.05, 0.1) is 6.61 Å². The number of rotatable bonds is 9. The normalized spacial score (nSPS) is 13.2. The monoisotopic (exact) mass is 282 g/mol. The van der Waals surface area contributed by atoms with Gasteiger partial charge in [-0.2, -0.15) is 0 Å². The average Bonchev–Trinajstić information content (AvgIpc) is 2.40. The van der Waals surface area contributed by atoms with Gasteiger partial charge in [-0.15, -0.1) is 0 Å². The highest BCUT2D eigenvalue weighted by Gasteiger charge is 2.14. The molecule has 20 heavy (non-hydrogen) atoms. The van der Waals surface area contributed by atoms with E-state index in [1.54, 1.807) is 7.11 Å². The molecule has 0 spiro atoms. The smallest absolute Gasteiger partial charge is 0.123 e. The fraction of sp³-hybridized carbons (Fsp3) is 0.625. The number of likely N-dealkylation sites (N-methyl/N-ethyl adjacent to an activating group) is 1. The van der Waals surface area contributed by atoms with Crippen molar-refractivity contribution in [3.8, 4) is 0 Å². The molecule has 0 amide bonds. The molecule has 1 N–H and O–H groups in total. The molecule has 1 aromatic rings. The van der Waals surface area contributed by atoms with E-state index in [-0.39, 0.29) is 5.82 Å². The Morgan fingerprint density at radius 3 is 2.40 bits per heavy atom. The summed E-state index contributed by atoms with van der Waals surface area (Å²) < 4.78 is 18.2. The van der Waals surface area contributed by atoms with E-state index in [1.807, 2.05) is 12.1 Å². The average molecular weight is 282 g/mol. The van der Waals surface area contributed by atoms with E-state index >= 15 is 0 Å². The predicted molar refractivity (Wildman–Crippen MR) is 81.2 cm³/mol. The molecule has 0 aromatic heterocycles. The second-order valence-electron chi connectivity index (χ2n) is 5.70. The first-order valence-electron chi connectivity index (χ1n) is 7.17. The summed E-state index contributed by atoms with van der Waals surface area (Å²) in [5, 5.41) is 3.46. The van der Waals surface area contributed by atoms with Crippen molar-refractivity contribution in [1.29, 1.82) is 0 Å². The van der Waals surface area contributed by atoms with Gasteiger partial charge in [0.25, 0.3) is 0 Å². The highest BCUT2D eigenvalue weighted by molar-refractivity contribution is 5.15. The molecule has 0 aliphatic heterocycles. The lowest BCUT2D eigenvalue weighted by atomic mass is 10.1. The molecule has 3 nitrogen and oxygen atoms in total. The van der Waals surface area contributed by atoms with Crippen LogP contribution in [0, 0.1) is 11.7 Å². The molecule has 0 saturated carbocycles. The highest BCUT2D eigenvalue weighted by atomic mass is 19.1. The van der Waals surface area contributed by atoms with Crippen LogP contribution in [0.5, 0.6) is 0 Å². The van der Waals surface area contributed by atoms with Crippen LogP contribution in [-0.2, 0) is 11.3 Å². The van der Waals surface area contributed by atoms with Crippen molar-refractivity contribution in [1.82, 2.24) is 10.2 Å². The molecule has 114 valence electrons. The Labute approximate surface area is 122 Å². The van der Waals surface area contributed by atoms with Gasteiger partial charge >= 0.3 is 0 Å². The largest absolute Gasteiger partial charge is 0.383 e. The van der Waals surface area contributed by atoms with Crippen molar-refractivity contribution in [2.75, 3.05) is 33.9 Å². The quantitative estimate of drug-likeness (QED) is 0.753. The predicted octanol–water partition coefficient (Wildman–Crippen LogP) is 2.52. The summed E-state index contributed by atoms with van der Waals surface area (Å²) in [7, 11) is 3.80. The van der Waals surface area contributed by atoms with Gasteiger partial charge in [-0.05, 0) is 37.2 Å². The molecule has 0 aliphatic rings. The van der Waals surface area contributed by atoms with Gasteiger partial charge < -0.3 is 10.1 Å². The zero-order valence-electron chi connectivity index (χ0n) is 13.0. The Balaban J connectivity index is 2.49. The van der Waals surface area contributed by atoms with Crippen LogP contribution in [0.2, 0.25) is 0 Å². The lowest BCUT2D eigenvalue weighted by Crippen LogP contribution is -2.43. The Kier molecular flexibility index (Phi) is 7.73. The number of hydrogen-bond donors (Lipinski definition) is 1. The van der Waals surface area contributed by atoms with Crippen LogP contribution < -0.4 is 5.32 Å². The second-order valence-corrected chi connectivity index (χ2v) is 5.70. The summed E-state index contributed by atoms with van der Waals surface area (Å²) in [5.74, 6) is 0.448. The molecule has 4 heteroatoms. The minimum Gasteiger partial charge on any atom is -0.383 e. The van der Waals surface area contributed by atoms with Crippen LogP contribution in [0.25, 0.3) is 0 Å². The number of ether oxygens (including phenoxy) is 1. The van der Waals surface area contributed by atoms with E-state index in [4.69, 9.17) is 4.74 Å². The first-order chi connectivity index (χ1) is 9.52. The van der Waals surface area contributed by atoms with E-state index in [9.17, 15) is 4.39 Å². The molecule has 1 rings (SSSR count). The van der Waals surface area contributed by atoms with Crippen molar-refractivity contribution in [3.63, 3.8) is 0 Å². The maximum atomic E-state index is 12.9. The Hall–Kier alpha value is -0.970. The van der Waals surface area contributed by atoms with Crippen molar-refractivity contribution in [2.24, 2.45) is 5.92 Å². The molecule has 0 aliphatic carbocycles. The van der Waals surface area contributed by atoms with E-state index in [1.165, 1.54) is 12.1 Å². The lowest BCUT2D eigenvalue weighted by Gasteiger charge is -2.28. The van der Waals surface area contributed by atoms with Crippen molar-refractivity contribution >= 4 is 0 Å². The fourth-order valence-electron chi connectivity index (χ4n) is 2.08. The van der Waals surface area contributed by atoms with Gasteiger partial charge in [-0.3, -0.25) is 4.90 Å². The van der Waals surface area contributed by atoms with Crippen LogP contribution >= 0.6 is 0 Å². The third-order valence-electron chi connectivity index (χ3n) is 3.26. The SMILES string of the molecule is COCC(CNCC(C)C)N(C)Cc1ccc(F)cc1. The topological polar surface area (TPSA) is 24.5 Å². The first kappa shape index (κ1) is 17.1. The van der Waals surface area contributed by atoms with E-state index in [2.05, 4.69) is 31.1 Å². The highest BCUT2D eigenvalue weighted by Crippen LogP contribution is 2.08. The lowest BCUT2D eigenvalue weighted by molar-refractivity contribution is 0.101. The van der Waals surface area contributed by atoms with Gasteiger partial charge in [0.2, 0.25) is 0 Å². The maximum absolute atomic E-state index is 12.9. The Morgan fingerprint density at radius 1 is 1.20 bits per heavy atom. The summed E-state index contributed by atoms with van der Waals surface area (Å²) >= 11 is 0. The Morgan fingerprint density at radius 2 is 1.85 bits per heavy atom. The summed E-state index contributed by atoms with van der Waals surface area (Å²) in [6.45, 7) is 7.76. The van der Waals surface area contributed by atoms with Gasteiger partial charge in [-0.25, -0.2) is 4.39 Å². The van der Waals surface area contributed by atoms with Crippen molar-refractivity contribution in [3.05, 3.63) is 35.6 Å². The van der Waals surface area contributed by atoms with Gasteiger partial charge in [0, 0.05) is 26.2 Å². The number of benzene rings is 1. The third-order valence-corrected chi connectivity index (χ3v) is 3.26. The van der Waals surface area contributed by atoms with E-state index in [0.717, 1.165) is 25.2 Å². The van der Waals surface area contributed by atoms with Gasteiger partial charge in [0.1, 0.15) is 5.82 Å². The number of halogens is 1.